The molecule has 0 aliphatic carbocycles. The number of hydrogen-bond acceptors (Lipinski definition) is 6. The second kappa shape index (κ2) is 6.73. The van der Waals surface area contributed by atoms with Crippen LogP contribution in [-0.4, -0.2) is 41.3 Å². The molecular weight excluding hydrogens is 312 g/mol. The standard InChI is InChI=1S/C17H22N2O3S/c1-12-18-14(11-23-12)10-22-16-8-19(7-13-4-6-20-9-13)15-3-2-5-21-17(15)16/h4,6,9,11,15-17H,2-3,5,7-8,10H2,1H3/t15-,16-,17+/m1/s1. The summed E-state index contributed by atoms with van der Waals surface area (Å²) in [7, 11) is 0. The van der Waals surface area contributed by atoms with E-state index < -0.39 is 0 Å². The van der Waals surface area contributed by atoms with Crippen molar-refractivity contribution in [3.05, 3.63) is 40.2 Å². The molecule has 124 valence electrons. The van der Waals surface area contributed by atoms with Gasteiger partial charge in [0.25, 0.3) is 0 Å². The number of hydrogen-bond donors (Lipinski definition) is 0. The smallest absolute Gasteiger partial charge is 0.100 e. The predicted molar refractivity (Wildman–Crippen MR) is 87.3 cm³/mol. The van der Waals surface area contributed by atoms with E-state index in [0.717, 1.165) is 36.8 Å². The van der Waals surface area contributed by atoms with Gasteiger partial charge < -0.3 is 13.9 Å². The van der Waals surface area contributed by atoms with Gasteiger partial charge in [-0.05, 0) is 25.8 Å². The summed E-state index contributed by atoms with van der Waals surface area (Å²) in [6.45, 7) is 5.24. The molecule has 4 heterocycles. The molecule has 0 N–H and O–H groups in total. The third-order valence-corrected chi connectivity index (χ3v) is 5.48. The maximum absolute atomic E-state index is 6.18. The summed E-state index contributed by atoms with van der Waals surface area (Å²) in [5.41, 5.74) is 2.23. The summed E-state index contributed by atoms with van der Waals surface area (Å²) in [6.07, 6.45) is 6.16. The SMILES string of the molecule is Cc1nc(CO[C@@H]2CN(Cc3ccoc3)[C@@H]3CCCO[C@@H]32)cs1. The van der Waals surface area contributed by atoms with Gasteiger partial charge in [-0.25, -0.2) is 4.98 Å². The maximum atomic E-state index is 6.18. The van der Waals surface area contributed by atoms with Gasteiger partial charge in [0, 0.05) is 36.7 Å². The molecule has 0 unspecified atom stereocenters. The van der Waals surface area contributed by atoms with E-state index in [1.165, 1.54) is 12.0 Å². The lowest BCUT2D eigenvalue weighted by Crippen LogP contribution is -2.41. The Morgan fingerprint density at radius 2 is 2.43 bits per heavy atom. The van der Waals surface area contributed by atoms with Crippen LogP contribution in [0.1, 0.15) is 29.1 Å². The molecule has 2 aliphatic heterocycles. The minimum Gasteiger partial charge on any atom is -0.472 e. The van der Waals surface area contributed by atoms with E-state index in [9.17, 15) is 0 Å². The highest BCUT2D eigenvalue weighted by atomic mass is 32.1. The number of thiazole rings is 1. The lowest BCUT2D eigenvalue weighted by atomic mass is 10.0. The predicted octanol–water partition coefficient (Wildman–Crippen LogP) is 2.99. The third kappa shape index (κ3) is 3.35. The molecule has 2 fully saturated rings. The zero-order valence-electron chi connectivity index (χ0n) is 13.3. The fourth-order valence-electron chi connectivity index (χ4n) is 3.62. The molecule has 0 radical (unpaired) electrons. The van der Waals surface area contributed by atoms with Crippen LogP contribution in [0.25, 0.3) is 0 Å². The number of aromatic nitrogens is 1. The van der Waals surface area contributed by atoms with Crippen molar-refractivity contribution in [2.75, 3.05) is 13.2 Å². The summed E-state index contributed by atoms with van der Waals surface area (Å²) in [5, 5.41) is 3.16. The van der Waals surface area contributed by atoms with Crippen molar-refractivity contribution >= 4 is 11.3 Å². The molecule has 0 aromatic carbocycles. The van der Waals surface area contributed by atoms with Crippen LogP contribution in [0.5, 0.6) is 0 Å². The van der Waals surface area contributed by atoms with Gasteiger partial charge >= 0.3 is 0 Å². The largest absolute Gasteiger partial charge is 0.472 e. The number of nitrogens with zero attached hydrogens (tertiary/aromatic N) is 2. The van der Waals surface area contributed by atoms with Crippen LogP contribution >= 0.6 is 11.3 Å². The Morgan fingerprint density at radius 1 is 1.48 bits per heavy atom. The number of aryl methyl sites for hydroxylation is 1. The Hall–Kier alpha value is -1.21. The maximum Gasteiger partial charge on any atom is 0.100 e. The Bertz CT molecular complexity index is 628. The monoisotopic (exact) mass is 334 g/mol. The summed E-state index contributed by atoms with van der Waals surface area (Å²) in [5.74, 6) is 0. The zero-order valence-corrected chi connectivity index (χ0v) is 14.1. The third-order valence-electron chi connectivity index (χ3n) is 4.66. The Morgan fingerprint density at radius 3 is 3.22 bits per heavy atom. The lowest BCUT2D eigenvalue weighted by molar-refractivity contribution is -0.0823. The first-order valence-corrected chi connectivity index (χ1v) is 9.07. The van der Waals surface area contributed by atoms with E-state index in [1.807, 2.05) is 19.3 Å². The fourth-order valence-corrected chi connectivity index (χ4v) is 4.21. The number of rotatable bonds is 5. The number of furan rings is 1. The van der Waals surface area contributed by atoms with Crippen LogP contribution in [0.15, 0.2) is 28.4 Å². The minimum absolute atomic E-state index is 0.120. The molecule has 0 saturated carbocycles. The highest BCUT2D eigenvalue weighted by Crippen LogP contribution is 2.32. The Labute approximate surface area is 140 Å². The molecule has 23 heavy (non-hydrogen) atoms. The average molecular weight is 334 g/mol. The fraction of sp³-hybridized carbons (Fsp3) is 0.588. The zero-order chi connectivity index (χ0) is 15.6. The van der Waals surface area contributed by atoms with Crippen molar-refractivity contribution in [1.82, 2.24) is 9.88 Å². The van der Waals surface area contributed by atoms with E-state index >= 15 is 0 Å². The summed E-state index contributed by atoms with van der Waals surface area (Å²) < 4.78 is 17.4. The quantitative estimate of drug-likeness (QED) is 0.841. The lowest BCUT2D eigenvalue weighted by Gasteiger charge is -2.32. The molecule has 2 aromatic heterocycles. The number of fused-ring (bicyclic) bond motifs is 1. The van der Waals surface area contributed by atoms with Crippen LogP contribution in [-0.2, 0) is 22.6 Å². The normalized spacial score (nSPS) is 28.1. The van der Waals surface area contributed by atoms with Gasteiger partial charge in [0.15, 0.2) is 0 Å². The van der Waals surface area contributed by atoms with Crippen molar-refractivity contribution in [3.8, 4) is 0 Å². The summed E-state index contributed by atoms with van der Waals surface area (Å²) >= 11 is 1.67. The van der Waals surface area contributed by atoms with Crippen LogP contribution < -0.4 is 0 Å². The average Bonchev–Trinajstić information content (AvgIpc) is 3.28. The molecule has 4 rings (SSSR count). The highest BCUT2D eigenvalue weighted by Gasteiger charge is 2.44. The van der Waals surface area contributed by atoms with Crippen molar-refractivity contribution in [3.63, 3.8) is 0 Å². The first-order valence-electron chi connectivity index (χ1n) is 8.19. The second-order valence-electron chi connectivity index (χ2n) is 6.31. The first kappa shape index (κ1) is 15.3. The topological polar surface area (TPSA) is 47.7 Å². The van der Waals surface area contributed by atoms with Gasteiger partial charge in [-0.3, -0.25) is 4.90 Å². The van der Waals surface area contributed by atoms with E-state index in [4.69, 9.17) is 13.9 Å². The van der Waals surface area contributed by atoms with Crippen LogP contribution in [0.4, 0.5) is 0 Å². The van der Waals surface area contributed by atoms with Crippen LogP contribution in [0.3, 0.4) is 0 Å². The molecule has 0 amide bonds. The van der Waals surface area contributed by atoms with Gasteiger partial charge in [0.2, 0.25) is 0 Å². The van der Waals surface area contributed by atoms with E-state index in [0.29, 0.717) is 12.6 Å². The van der Waals surface area contributed by atoms with Gasteiger partial charge in [-0.1, -0.05) is 0 Å². The van der Waals surface area contributed by atoms with Gasteiger partial charge in [0.1, 0.15) is 6.10 Å². The summed E-state index contributed by atoms with van der Waals surface area (Å²) in [6, 6.07) is 2.48. The molecule has 6 heteroatoms. The molecule has 2 aromatic rings. The highest BCUT2D eigenvalue weighted by molar-refractivity contribution is 7.09. The molecule has 2 aliphatic rings. The van der Waals surface area contributed by atoms with Crippen molar-refractivity contribution in [1.29, 1.82) is 0 Å². The first-order chi connectivity index (χ1) is 11.3. The number of likely N-dealkylation sites (tertiary alicyclic amines) is 1. The van der Waals surface area contributed by atoms with Gasteiger partial charge in [-0.2, -0.15) is 0 Å². The van der Waals surface area contributed by atoms with E-state index in [-0.39, 0.29) is 12.2 Å². The summed E-state index contributed by atoms with van der Waals surface area (Å²) in [4.78, 5) is 6.96. The van der Waals surface area contributed by atoms with Gasteiger partial charge in [-0.15, -0.1) is 11.3 Å². The van der Waals surface area contributed by atoms with Gasteiger partial charge in [0.05, 0.1) is 35.9 Å². The Kier molecular flexibility index (Phi) is 4.48. The second-order valence-corrected chi connectivity index (χ2v) is 7.38. The van der Waals surface area contributed by atoms with Crippen LogP contribution in [0, 0.1) is 6.92 Å². The van der Waals surface area contributed by atoms with E-state index in [2.05, 4.69) is 15.3 Å². The van der Waals surface area contributed by atoms with E-state index in [1.54, 1.807) is 17.6 Å². The minimum atomic E-state index is 0.120. The number of ether oxygens (including phenoxy) is 2. The van der Waals surface area contributed by atoms with Crippen molar-refractivity contribution in [2.45, 2.75) is 51.2 Å². The molecule has 0 bridgehead atoms. The van der Waals surface area contributed by atoms with Crippen molar-refractivity contribution < 1.29 is 13.9 Å². The molecule has 0 spiro atoms. The molecule has 3 atom stereocenters. The molecule has 2 saturated heterocycles. The Balaban J connectivity index is 1.42. The van der Waals surface area contributed by atoms with Crippen LogP contribution in [0.2, 0.25) is 0 Å². The molecular formula is C17H22N2O3S. The molecule has 5 nitrogen and oxygen atoms in total. The van der Waals surface area contributed by atoms with Crippen molar-refractivity contribution in [2.24, 2.45) is 0 Å².